The molecule has 306 valence electrons. The molecule has 3 fully saturated rings. The van der Waals surface area contributed by atoms with Gasteiger partial charge in [0.25, 0.3) is 0 Å². The number of ether oxygens (including phenoxy) is 5. The Labute approximate surface area is 324 Å². The smallest absolute Gasteiger partial charge is 0.410 e. The zero-order chi connectivity index (χ0) is 40.4. The van der Waals surface area contributed by atoms with Crippen molar-refractivity contribution < 1.29 is 48.0 Å². The minimum atomic E-state index is -1.26. The Balaban J connectivity index is 1.44. The molecular weight excluding hydrogens is 710 g/mol. The molecule has 0 radical (unpaired) electrons. The topological polar surface area (TPSA) is 172 Å². The van der Waals surface area contributed by atoms with Crippen LogP contribution in [0.1, 0.15) is 80.6 Å². The summed E-state index contributed by atoms with van der Waals surface area (Å²) in [5.41, 5.74) is 0.326. The first kappa shape index (κ1) is 42.6. The number of carbonyl (C=O) groups is 4. The third-order valence-electron chi connectivity index (χ3n) is 12.1. The number of aliphatic hydroxyl groups excluding tert-OH is 1. The van der Waals surface area contributed by atoms with E-state index in [2.05, 4.69) is 9.97 Å². The van der Waals surface area contributed by atoms with Crippen LogP contribution >= 0.6 is 0 Å². The highest BCUT2D eigenvalue weighted by molar-refractivity contribution is 6.00. The Morgan fingerprint density at radius 1 is 1.00 bits per heavy atom. The largest absolute Gasteiger partial charge is 0.458 e. The van der Waals surface area contributed by atoms with E-state index in [0.29, 0.717) is 32.4 Å². The van der Waals surface area contributed by atoms with Crippen molar-refractivity contribution in [1.29, 1.82) is 0 Å². The molecule has 0 bridgehead atoms. The third kappa shape index (κ3) is 8.90. The number of ketones is 2. The van der Waals surface area contributed by atoms with Crippen LogP contribution in [0.25, 0.3) is 11.2 Å². The summed E-state index contributed by atoms with van der Waals surface area (Å²) in [6.07, 6.45) is -0.0890. The first-order valence-electron chi connectivity index (χ1n) is 19.7. The summed E-state index contributed by atoms with van der Waals surface area (Å²) in [6, 6.07) is 2.73. The molecule has 0 aliphatic carbocycles. The van der Waals surface area contributed by atoms with Crippen molar-refractivity contribution in [3.63, 3.8) is 0 Å². The van der Waals surface area contributed by atoms with Gasteiger partial charge in [-0.2, -0.15) is 0 Å². The zero-order valence-corrected chi connectivity index (χ0v) is 34.0. The van der Waals surface area contributed by atoms with Crippen LogP contribution in [-0.4, -0.2) is 135 Å². The molecule has 3 aliphatic rings. The molecule has 0 aromatic carbocycles. The average molecular weight is 772 g/mol. The van der Waals surface area contributed by atoms with Crippen LogP contribution in [0.4, 0.5) is 4.79 Å². The van der Waals surface area contributed by atoms with E-state index in [1.54, 1.807) is 38.2 Å². The van der Waals surface area contributed by atoms with Crippen molar-refractivity contribution >= 4 is 34.8 Å². The quantitative estimate of drug-likeness (QED) is 0.209. The van der Waals surface area contributed by atoms with Crippen molar-refractivity contribution in [2.24, 2.45) is 23.7 Å². The van der Waals surface area contributed by atoms with Crippen molar-refractivity contribution in [2.45, 2.75) is 142 Å². The number of imidazole rings is 1. The van der Waals surface area contributed by atoms with Gasteiger partial charge in [0.15, 0.2) is 23.8 Å². The maximum absolute atomic E-state index is 14.5. The second-order valence-electron chi connectivity index (χ2n) is 16.3. The number of nitrogens with zero attached hydrogens (tertiary/aromatic N) is 5. The molecular formula is C40H61N5O10. The summed E-state index contributed by atoms with van der Waals surface area (Å²) in [5.74, 6) is -4.85. The second kappa shape index (κ2) is 17.7. The molecule has 3 saturated heterocycles. The second-order valence-corrected chi connectivity index (χ2v) is 16.3. The van der Waals surface area contributed by atoms with E-state index in [1.165, 1.54) is 14.0 Å². The molecule has 3 aliphatic heterocycles. The molecule has 13 atom stereocenters. The SMILES string of the molecule is CC[C@H]1OC(=O)[C@H](C)C(=O)[C@H](C)[C@@H](O[C@@H]2O[C@H](C)C[C@H](N(C)C)[C@H]2O)[C@](C)(OC)C[C@@H](C)C(=O)[C@H](C)[C@@H]2[C@@H]1OC(=O)N2CCCCn1cnc2cccnc21. The van der Waals surface area contributed by atoms with Gasteiger partial charge in [-0.3, -0.25) is 14.4 Å². The monoisotopic (exact) mass is 771 g/mol. The number of rotatable bonds is 10. The van der Waals surface area contributed by atoms with Crippen molar-refractivity contribution in [3.05, 3.63) is 24.7 Å². The summed E-state index contributed by atoms with van der Waals surface area (Å²) in [7, 11) is 5.24. The highest BCUT2D eigenvalue weighted by Crippen LogP contribution is 2.39. The van der Waals surface area contributed by atoms with Crippen molar-refractivity contribution in [3.8, 4) is 0 Å². The Kier molecular flexibility index (Phi) is 13.8. The van der Waals surface area contributed by atoms with E-state index in [1.807, 2.05) is 56.5 Å². The lowest BCUT2D eigenvalue weighted by molar-refractivity contribution is -0.295. The van der Waals surface area contributed by atoms with Gasteiger partial charge in [0.05, 0.1) is 30.2 Å². The molecule has 55 heavy (non-hydrogen) atoms. The molecule has 0 spiro atoms. The molecule has 0 saturated carbocycles. The van der Waals surface area contributed by atoms with Crippen LogP contribution < -0.4 is 0 Å². The van der Waals surface area contributed by atoms with Crippen molar-refractivity contribution in [1.82, 2.24) is 24.3 Å². The van der Waals surface area contributed by atoms with Crippen molar-refractivity contribution in [2.75, 3.05) is 27.7 Å². The number of aromatic nitrogens is 3. The molecule has 15 nitrogen and oxygen atoms in total. The number of methoxy groups -OCH3 is 1. The van der Waals surface area contributed by atoms with Gasteiger partial charge in [-0.15, -0.1) is 0 Å². The Morgan fingerprint density at radius 3 is 2.38 bits per heavy atom. The lowest BCUT2D eigenvalue weighted by Crippen LogP contribution is -2.59. The van der Waals surface area contributed by atoms with Gasteiger partial charge < -0.3 is 43.2 Å². The molecule has 2 aromatic heterocycles. The summed E-state index contributed by atoms with van der Waals surface area (Å²) < 4.78 is 32.8. The number of cyclic esters (lactones) is 1. The van der Waals surface area contributed by atoms with E-state index in [0.717, 1.165) is 11.2 Å². The maximum atomic E-state index is 14.5. The lowest BCUT2D eigenvalue weighted by Gasteiger charge is -2.47. The fourth-order valence-electron chi connectivity index (χ4n) is 8.79. The molecule has 5 rings (SSSR count). The maximum Gasteiger partial charge on any atom is 0.410 e. The Morgan fingerprint density at radius 2 is 1.71 bits per heavy atom. The number of esters is 1. The molecule has 1 amide bonds. The highest BCUT2D eigenvalue weighted by atomic mass is 16.7. The van der Waals surface area contributed by atoms with Crippen LogP contribution in [0.2, 0.25) is 0 Å². The van der Waals surface area contributed by atoms with Crippen LogP contribution in [-0.2, 0) is 44.6 Å². The molecule has 1 N–H and O–H groups in total. The third-order valence-corrected chi connectivity index (χ3v) is 12.1. The van der Waals surface area contributed by atoms with Gasteiger partial charge in [-0.25, -0.2) is 14.8 Å². The number of aryl methyl sites for hydroxylation is 1. The van der Waals surface area contributed by atoms with E-state index in [9.17, 15) is 24.3 Å². The summed E-state index contributed by atoms with van der Waals surface area (Å²) in [4.78, 5) is 68.5. The van der Waals surface area contributed by atoms with Gasteiger partial charge in [-0.1, -0.05) is 27.7 Å². The van der Waals surface area contributed by atoms with Gasteiger partial charge in [0, 0.05) is 50.2 Å². The number of likely N-dealkylation sites (N-methyl/N-ethyl adjacent to an activating group) is 1. The number of fused-ring (bicyclic) bond motifs is 2. The Hall–Kier alpha value is -3.50. The van der Waals surface area contributed by atoms with E-state index in [4.69, 9.17) is 23.7 Å². The average Bonchev–Trinajstić information content (AvgIpc) is 3.73. The molecule has 15 heteroatoms. The molecule has 5 heterocycles. The molecule has 2 aromatic rings. The first-order chi connectivity index (χ1) is 26.0. The lowest BCUT2D eigenvalue weighted by atomic mass is 9.75. The number of hydrogen-bond donors (Lipinski definition) is 1. The predicted octanol–water partition coefficient (Wildman–Crippen LogP) is 4.03. The number of carbonyl (C=O) groups excluding carboxylic acids is 4. The predicted molar refractivity (Wildman–Crippen MR) is 202 cm³/mol. The highest BCUT2D eigenvalue weighted by Gasteiger charge is 2.54. The van der Waals surface area contributed by atoms with Gasteiger partial charge in [-0.05, 0) is 79.1 Å². The summed E-state index contributed by atoms with van der Waals surface area (Å²) in [5, 5.41) is 11.4. The number of unbranched alkanes of at least 4 members (excludes halogenated alkanes) is 1. The van der Waals surface area contributed by atoms with E-state index >= 15 is 0 Å². The molecule has 0 unspecified atom stereocenters. The van der Waals surface area contributed by atoms with Crippen LogP contribution in [0.3, 0.4) is 0 Å². The fraction of sp³-hybridized carbons (Fsp3) is 0.750. The standard InChI is InChI=1S/C40H61N5O10/c1-11-29-34-30(45(39(50)54-34)18-13-12-17-44-21-42-27-15-14-16-41-36(27)44)24(4)31(46)22(2)20-40(7,51-10)35(25(5)32(47)26(6)37(49)53-29)55-38-33(48)28(43(8)9)19-23(3)52-38/h14-16,21-26,28-30,33-35,38,48H,11-13,17-20H2,1-10H3/t22-,23-,24-,25+,26-,28+,29-,30-,33-,34-,35-,38+,40-/m1/s1. The Bertz CT molecular complexity index is 1670. The summed E-state index contributed by atoms with van der Waals surface area (Å²) >= 11 is 0. The van der Waals surface area contributed by atoms with Crippen LogP contribution in [0, 0.1) is 23.7 Å². The van der Waals surface area contributed by atoms with Gasteiger partial charge >= 0.3 is 12.1 Å². The zero-order valence-electron chi connectivity index (χ0n) is 34.0. The number of Topliss-reactive ketones (excluding diaryl/α,β-unsaturated/α-hetero) is 2. The van der Waals surface area contributed by atoms with Gasteiger partial charge in [0.2, 0.25) is 0 Å². The minimum Gasteiger partial charge on any atom is -0.458 e. The minimum absolute atomic E-state index is 0.138. The number of aliphatic hydroxyl groups is 1. The van der Waals surface area contributed by atoms with Crippen LogP contribution in [0.5, 0.6) is 0 Å². The van der Waals surface area contributed by atoms with Crippen LogP contribution in [0.15, 0.2) is 24.7 Å². The first-order valence-corrected chi connectivity index (χ1v) is 19.7. The van der Waals surface area contributed by atoms with E-state index in [-0.39, 0.29) is 30.8 Å². The number of pyridine rings is 1. The summed E-state index contributed by atoms with van der Waals surface area (Å²) in [6.45, 7) is 13.2. The number of amides is 1. The van der Waals surface area contributed by atoms with Gasteiger partial charge in [0.1, 0.15) is 29.4 Å². The number of hydrogen-bond acceptors (Lipinski definition) is 13. The normalized spacial score (nSPS) is 36.8. The van der Waals surface area contributed by atoms with E-state index < -0.39 is 83.9 Å². The fourth-order valence-corrected chi connectivity index (χ4v) is 8.79.